The molecule has 0 aromatic heterocycles. The van der Waals surface area contributed by atoms with Crippen molar-refractivity contribution in [3.05, 3.63) is 58.6 Å². The molecule has 2 amide bonds. The predicted octanol–water partition coefficient (Wildman–Crippen LogP) is 3.23. The Kier molecular flexibility index (Phi) is 4.55. The summed E-state index contributed by atoms with van der Waals surface area (Å²) in [5.41, 5.74) is 2.02. The number of amides is 2. The van der Waals surface area contributed by atoms with Crippen molar-refractivity contribution >= 4 is 23.4 Å². The van der Waals surface area contributed by atoms with Crippen molar-refractivity contribution in [1.82, 2.24) is 4.90 Å². The summed E-state index contributed by atoms with van der Waals surface area (Å²) < 4.78 is 10.7. The van der Waals surface area contributed by atoms with E-state index in [0.29, 0.717) is 30.2 Å². The third-order valence-electron chi connectivity index (χ3n) is 4.79. The third-order valence-corrected chi connectivity index (χ3v) is 5.05. The van der Waals surface area contributed by atoms with Gasteiger partial charge >= 0.3 is 0 Å². The molecule has 6 heteroatoms. The minimum absolute atomic E-state index is 0.0920. The number of hydrogen-bond acceptors (Lipinski definition) is 4. The molecule has 0 radical (unpaired) electrons. The summed E-state index contributed by atoms with van der Waals surface area (Å²) in [6.07, 6.45) is 1.42. The van der Waals surface area contributed by atoms with Crippen molar-refractivity contribution in [1.29, 1.82) is 0 Å². The first-order valence-corrected chi connectivity index (χ1v) is 8.95. The number of benzene rings is 2. The predicted molar refractivity (Wildman–Crippen MR) is 96.3 cm³/mol. The molecule has 2 aliphatic rings. The normalized spacial score (nSPS) is 18.7. The van der Waals surface area contributed by atoms with E-state index in [0.717, 1.165) is 16.9 Å². The van der Waals surface area contributed by atoms with Gasteiger partial charge in [0.05, 0.1) is 5.92 Å². The minimum atomic E-state index is -0.291. The maximum Gasteiger partial charge on any atom is 0.233 e. The zero-order valence-electron chi connectivity index (χ0n) is 14.1. The van der Waals surface area contributed by atoms with Gasteiger partial charge in [-0.3, -0.25) is 14.5 Å². The van der Waals surface area contributed by atoms with Crippen LogP contribution in [0.2, 0.25) is 5.02 Å². The van der Waals surface area contributed by atoms with Gasteiger partial charge in [0.25, 0.3) is 0 Å². The molecule has 1 saturated heterocycles. The first-order chi connectivity index (χ1) is 12.6. The number of carbonyl (C=O) groups is 2. The van der Waals surface area contributed by atoms with E-state index < -0.39 is 0 Å². The minimum Gasteiger partial charge on any atom is -0.454 e. The summed E-state index contributed by atoms with van der Waals surface area (Å²) in [5.74, 6) is 0.952. The molecule has 134 valence electrons. The molecule has 0 bridgehead atoms. The Morgan fingerprint density at radius 3 is 2.54 bits per heavy atom. The number of likely N-dealkylation sites (tertiary alicyclic amines) is 1. The maximum absolute atomic E-state index is 12.6. The molecule has 0 spiro atoms. The second-order valence-electron chi connectivity index (χ2n) is 6.55. The Bertz CT molecular complexity index is 849. The lowest BCUT2D eigenvalue weighted by Crippen LogP contribution is -2.33. The monoisotopic (exact) mass is 371 g/mol. The van der Waals surface area contributed by atoms with Crippen LogP contribution in [-0.4, -0.2) is 30.1 Å². The number of rotatable bonds is 5. The number of fused-ring (bicyclic) bond motifs is 1. The highest BCUT2D eigenvalue weighted by Crippen LogP contribution is 2.33. The molecule has 2 aromatic carbocycles. The Balaban J connectivity index is 1.38. The fourth-order valence-electron chi connectivity index (χ4n) is 3.39. The maximum atomic E-state index is 12.6. The van der Waals surface area contributed by atoms with Crippen LogP contribution in [-0.2, 0) is 22.4 Å². The van der Waals surface area contributed by atoms with Gasteiger partial charge < -0.3 is 9.47 Å². The van der Waals surface area contributed by atoms with E-state index in [1.165, 1.54) is 4.90 Å². The van der Waals surface area contributed by atoms with Crippen molar-refractivity contribution in [2.75, 3.05) is 13.3 Å². The SMILES string of the molecule is O=C1C[C@@H](Cc2ccc(Cl)cc2)C(=O)N1CCc1ccc2c(c1)OCO2. The number of carbonyl (C=O) groups excluding carboxylic acids is 2. The second-order valence-corrected chi connectivity index (χ2v) is 6.99. The average Bonchev–Trinajstić information content (AvgIpc) is 3.20. The van der Waals surface area contributed by atoms with Crippen LogP contribution in [0.15, 0.2) is 42.5 Å². The second kappa shape index (κ2) is 7.00. The molecule has 0 unspecified atom stereocenters. The fourth-order valence-corrected chi connectivity index (χ4v) is 3.51. The highest BCUT2D eigenvalue weighted by atomic mass is 35.5. The van der Waals surface area contributed by atoms with E-state index in [1.54, 1.807) is 12.1 Å². The van der Waals surface area contributed by atoms with Crippen LogP contribution in [0.5, 0.6) is 11.5 Å². The highest BCUT2D eigenvalue weighted by molar-refractivity contribution is 6.30. The van der Waals surface area contributed by atoms with Crippen LogP contribution in [0.3, 0.4) is 0 Å². The molecule has 2 heterocycles. The highest BCUT2D eigenvalue weighted by Gasteiger charge is 2.38. The van der Waals surface area contributed by atoms with Gasteiger partial charge in [-0.1, -0.05) is 29.8 Å². The molecule has 2 aromatic rings. The largest absolute Gasteiger partial charge is 0.454 e. The standard InChI is InChI=1S/C20H18ClNO4/c21-16-4-1-13(2-5-16)9-15-11-19(23)22(20(15)24)8-7-14-3-6-17-18(10-14)26-12-25-17/h1-6,10,15H,7-9,11-12H2/t15-/m1/s1. The fraction of sp³-hybridized carbons (Fsp3) is 0.300. The number of imide groups is 1. The molecule has 5 nitrogen and oxygen atoms in total. The molecule has 4 rings (SSSR count). The van der Waals surface area contributed by atoms with Crippen LogP contribution in [0.4, 0.5) is 0 Å². The Hall–Kier alpha value is -2.53. The molecule has 0 saturated carbocycles. The molecule has 0 N–H and O–H groups in total. The lowest BCUT2D eigenvalue weighted by Gasteiger charge is -2.15. The van der Waals surface area contributed by atoms with Crippen LogP contribution < -0.4 is 9.47 Å². The van der Waals surface area contributed by atoms with Gasteiger partial charge in [-0.25, -0.2) is 0 Å². The van der Waals surface area contributed by atoms with Gasteiger partial charge in [-0.2, -0.15) is 0 Å². The Labute approximate surface area is 156 Å². The van der Waals surface area contributed by atoms with Crippen LogP contribution in [0, 0.1) is 5.92 Å². The molecular formula is C20H18ClNO4. The van der Waals surface area contributed by atoms with Gasteiger partial charge in [0.2, 0.25) is 18.6 Å². The van der Waals surface area contributed by atoms with Gasteiger partial charge in [-0.15, -0.1) is 0 Å². The lowest BCUT2D eigenvalue weighted by molar-refractivity contribution is -0.139. The Morgan fingerprint density at radius 2 is 1.73 bits per heavy atom. The van der Waals surface area contributed by atoms with Crippen LogP contribution in [0.1, 0.15) is 17.5 Å². The zero-order valence-corrected chi connectivity index (χ0v) is 14.9. The molecule has 2 aliphatic heterocycles. The summed E-state index contributed by atoms with van der Waals surface area (Å²) in [4.78, 5) is 26.3. The summed E-state index contributed by atoms with van der Waals surface area (Å²) in [6.45, 7) is 0.614. The van der Waals surface area contributed by atoms with Crippen molar-refractivity contribution in [2.24, 2.45) is 5.92 Å². The van der Waals surface area contributed by atoms with Crippen LogP contribution >= 0.6 is 11.6 Å². The van der Waals surface area contributed by atoms with E-state index in [1.807, 2.05) is 30.3 Å². The van der Waals surface area contributed by atoms with E-state index in [4.69, 9.17) is 21.1 Å². The molecule has 1 atom stereocenters. The summed E-state index contributed by atoms with van der Waals surface area (Å²) >= 11 is 5.89. The molecular weight excluding hydrogens is 354 g/mol. The third kappa shape index (κ3) is 3.40. The Morgan fingerprint density at radius 1 is 1.00 bits per heavy atom. The number of ether oxygens (including phenoxy) is 2. The van der Waals surface area contributed by atoms with Crippen molar-refractivity contribution in [3.63, 3.8) is 0 Å². The smallest absolute Gasteiger partial charge is 0.233 e. The molecule has 1 fully saturated rings. The average molecular weight is 372 g/mol. The van der Waals surface area contributed by atoms with Crippen molar-refractivity contribution < 1.29 is 19.1 Å². The van der Waals surface area contributed by atoms with Crippen molar-refractivity contribution in [2.45, 2.75) is 19.3 Å². The molecule has 0 aliphatic carbocycles. The number of halogens is 1. The van der Waals surface area contributed by atoms with Crippen molar-refractivity contribution in [3.8, 4) is 11.5 Å². The quantitative estimate of drug-likeness (QED) is 0.757. The summed E-state index contributed by atoms with van der Waals surface area (Å²) in [5, 5.41) is 0.660. The lowest BCUT2D eigenvalue weighted by atomic mass is 9.98. The first-order valence-electron chi connectivity index (χ1n) is 8.57. The van der Waals surface area contributed by atoms with Gasteiger partial charge in [0, 0.05) is 18.0 Å². The summed E-state index contributed by atoms with van der Waals surface area (Å²) in [6, 6.07) is 13.1. The summed E-state index contributed by atoms with van der Waals surface area (Å²) in [7, 11) is 0. The molecule has 26 heavy (non-hydrogen) atoms. The topological polar surface area (TPSA) is 55.8 Å². The van der Waals surface area contributed by atoms with E-state index in [-0.39, 0.29) is 30.9 Å². The number of nitrogens with zero attached hydrogens (tertiary/aromatic N) is 1. The first kappa shape index (κ1) is 16.9. The number of hydrogen-bond donors (Lipinski definition) is 0. The van der Waals surface area contributed by atoms with Gasteiger partial charge in [-0.05, 0) is 48.2 Å². The van der Waals surface area contributed by atoms with Gasteiger partial charge in [0.1, 0.15) is 0 Å². The van der Waals surface area contributed by atoms with Gasteiger partial charge in [0.15, 0.2) is 11.5 Å². The van der Waals surface area contributed by atoms with E-state index in [9.17, 15) is 9.59 Å². The van der Waals surface area contributed by atoms with Crippen LogP contribution in [0.25, 0.3) is 0 Å². The van der Waals surface area contributed by atoms with E-state index in [2.05, 4.69) is 0 Å². The van der Waals surface area contributed by atoms with E-state index >= 15 is 0 Å². The zero-order chi connectivity index (χ0) is 18.1.